The molecular weight excluding hydrogens is 258 g/mol. The van der Waals surface area contributed by atoms with E-state index in [4.69, 9.17) is 5.84 Å². The number of anilines is 2. The van der Waals surface area contributed by atoms with E-state index in [2.05, 4.69) is 22.2 Å². The van der Waals surface area contributed by atoms with Gasteiger partial charge in [0.1, 0.15) is 5.82 Å². The Bertz CT molecular complexity index is 478. The van der Waals surface area contributed by atoms with Gasteiger partial charge in [-0.05, 0) is 31.7 Å². The van der Waals surface area contributed by atoms with Gasteiger partial charge in [-0.2, -0.15) is 0 Å². The molecule has 1 saturated heterocycles. The largest absolute Gasteiger partial charge is 0.348 e. The molecule has 1 fully saturated rings. The number of nitrogens with two attached hydrogens (primary N) is 1. The molecule has 20 heavy (non-hydrogen) atoms. The van der Waals surface area contributed by atoms with Crippen LogP contribution < -0.4 is 16.2 Å². The molecule has 0 bridgehead atoms. The van der Waals surface area contributed by atoms with E-state index >= 15 is 0 Å². The number of nitrogen functional groups attached to an aromatic ring is 1. The SMILES string of the molecule is CCCC1CCCCN1c1nc(NN)ccc1[N+](=O)[O-]. The van der Waals surface area contributed by atoms with Crippen LogP contribution in [0.2, 0.25) is 0 Å². The maximum Gasteiger partial charge on any atom is 0.311 e. The van der Waals surface area contributed by atoms with Crippen LogP contribution in [0.3, 0.4) is 0 Å². The molecule has 0 saturated carbocycles. The van der Waals surface area contributed by atoms with Crippen molar-refractivity contribution in [3.05, 3.63) is 22.2 Å². The van der Waals surface area contributed by atoms with Crippen LogP contribution in [0, 0.1) is 10.1 Å². The number of nitro groups is 1. The molecular formula is C13H21N5O2. The normalized spacial score (nSPS) is 18.9. The van der Waals surface area contributed by atoms with Crippen molar-refractivity contribution >= 4 is 17.3 Å². The van der Waals surface area contributed by atoms with E-state index in [1.165, 1.54) is 18.6 Å². The van der Waals surface area contributed by atoms with E-state index in [9.17, 15) is 10.1 Å². The number of hydrazine groups is 1. The summed E-state index contributed by atoms with van der Waals surface area (Å²) < 4.78 is 0. The quantitative estimate of drug-likeness (QED) is 0.488. The lowest BCUT2D eigenvalue weighted by Gasteiger charge is -2.36. The van der Waals surface area contributed by atoms with E-state index < -0.39 is 0 Å². The summed E-state index contributed by atoms with van der Waals surface area (Å²) in [5, 5.41) is 11.2. The highest BCUT2D eigenvalue weighted by molar-refractivity contribution is 5.62. The molecule has 2 heterocycles. The molecule has 1 atom stereocenters. The molecule has 0 aliphatic carbocycles. The van der Waals surface area contributed by atoms with Crippen molar-refractivity contribution in [2.45, 2.75) is 45.1 Å². The van der Waals surface area contributed by atoms with Gasteiger partial charge in [0.25, 0.3) is 0 Å². The molecule has 0 radical (unpaired) electrons. The van der Waals surface area contributed by atoms with Crippen molar-refractivity contribution < 1.29 is 4.92 Å². The smallest absolute Gasteiger partial charge is 0.311 e. The third-order valence-electron chi connectivity index (χ3n) is 3.72. The van der Waals surface area contributed by atoms with E-state index in [0.717, 1.165) is 32.2 Å². The standard InChI is InChI=1S/C13H21N5O2/c1-2-5-10-6-3-4-9-17(10)13-11(18(19)20)7-8-12(15-13)16-14/h7-8,10H,2-6,9,14H2,1H3,(H,15,16). The predicted octanol–water partition coefficient (Wildman–Crippen LogP) is 2.43. The summed E-state index contributed by atoms with van der Waals surface area (Å²) in [6, 6.07) is 3.32. The summed E-state index contributed by atoms with van der Waals surface area (Å²) in [6.45, 7) is 2.94. The van der Waals surface area contributed by atoms with E-state index in [0.29, 0.717) is 17.7 Å². The minimum Gasteiger partial charge on any atom is -0.348 e. The fraction of sp³-hybridized carbons (Fsp3) is 0.615. The van der Waals surface area contributed by atoms with Crippen LogP contribution in [0.15, 0.2) is 12.1 Å². The van der Waals surface area contributed by atoms with E-state index in [1.807, 2.05) is 0 Å². The third kappa shape index (κ3) is 2.98. The van der Waals surface area contributed by atoms with Gasteiger partial charge in [0, 0.05) is 18.7 Å². The van der Waals surface area contributed by atoms with Crippen molar-refractivity contribution in [1.29, 1.82) is 0 Å². The molecule has 0 spiro atoms. The van der Waals surface area contributed by atoms with Crippen LogP contribution in [-0.4, -0.2) is 22.5 Å². The van der Waals surface area contributed by atoms with Crippen LogP contribution in [0.4, 0.5) is 17.3 Å². The molecule has 0 aromatic carbocycles. The Labute approximate surface area is 118 Å². The number of nitrogens with zero attached hydrogens (tertiary/aromatic N) is 3. The van der Waals surface area contributed by atoms with Gasteiger partial charge in [0.15, 0.2) is 0 Å². The molecule has 1 aliphatic heterocycles. The molecule has 7 heteroatoms. The highest BCUT2D eigenvalue weighted by Crippen LogP contribution is 2.33. The van der Waals surface area contributed by atoms with Gasteiger partial charge in [0.2, 0.25) is 5.82 Å². The third-order valence-corrected chi connectivity index (χ3v) is 3.72. The Morgan fingerprint density at radius 2 is 2.35 bits per heavy atom. The fourth-order valence-electron chi connectivity index (χ4n) is 2.79. The summed E-state index contributed by atoms with van der Waals surface area (Å²) in [7, 11) is 0. The van der Waals surface area contributed by atoms with Crippen molar-refractivity contribution in [3.63, 3.8) is 0 Å². The van der Waals surface area contributed by atoms with Gasteiger partial charge >= 0.3 is 5.69 Å². The number of rotatable bonds is 5. The topological polar surface area (TPSA) is 97.3 Å². The second-order valence-electron chi connectivity index (χ2n) is 5.07. The first-order valence-corrected chi connectivity index (χ1v) is 7.06. The maximum absolute atomic E-state index is 11.2. The first-order chi connectivity index (χ1) is 9.67. The van der Waals surface area contributed by atoms with Crippen LogP contribution in [0.25, 0.3) is 0 Å². The summed E-state index contributed by atoms with van der Waals surface area (Å²) >= 11 is 0. The van der Waals surface area contributed by atoms with Gasteiger partial charge in [-0.1, -0.05) is 13.3 Å². The zero-order valence-electron chi connectivity index (χ0n) is 11.7. The summed E-state index contributed by atoms with van der Waals surface area (Å²) in [5.41, 5.74) is 2.51. The van der Waals surface area contributed by atoms with Crippen molar-refractivity contribution in [2.75, 3.05) is 16.9 Å². The number of nitrogens with one attached hydrogen (secondary N) is 1. The molecule has 3 N–H and O–H groups in total. The summed E-state index contributed by atoms with van der Waals surface area (Å²) in [5.74, 6) is 6.25. The van der Waals surface area contributed by atoms with Gasteiger partial charge in [-0.25, -0.2) is 10.8 Å². The average Bonchev–Trinajstić information content (AvgIpc) is 2.47. The number of hydrogen-bond donors (Lipinski definition) is 2. The predicted molar refractivity (Wildman–Crippen MR) is 78.6 cm³/mol. The fourth-order valence-corrected chi connectivity index (χ4v) is 2.79. The number of piperidine rings is 1. The lowest BCUT2D eigenvalue weighted by molar-refractivity contribution is -0.384. The van der Waals surface area contributed by atoms with Crippen LogP contribution in [0.1, 0.15) is 39.0 Å². The zero-order valence-corrected chi connectivity index (χ0v) is 11.7. The lowest BCUT2D eigenvalue weighted by Crippen LogP contribution is -2.40. The lowest BCUT2D eigenvalue weighted by atomic mass is 9.98. The number of pyridine rings is 1. The van der Waals surface area contributed by atoms with Gasteiger partial charge in [-0.15, -0.1) is 0 Å². The molecule has 1 aromatic rings. The Balaban J connectivity index is 2.39. The average molecular weight is 279 g/mol. The minimum atomic E-state index is -0.375. The highest BCUT2D eigenvalue weighted by atomic mass is 16.6. The Kier molecular flexibility index (Phi) is 4.73. The molecule has 1 unspecified atom stereocenters. The molecule has 0 amide bonds. The van der Waals surface area contributed by atoms with Gasteiger partial charge in [-0.3, -0.25) is 10.1 Å². The second kappa shape index (κ2) is 6.51. The minimum absolute atomic E-state index is 0.0482. The molecule has 1 aliphatic rings. The number of aromatic nitrogens is 1. The van der Waals surface area contributed by atoms with Crippen LogP contribution in [0.5, 0.6) is 0 Å². The van der Waals surface area contributed by atoms with Crippen molar-refractivity contribution in [2.24, 2.45) is 5.84 Å². The Morgan fingerprint density at radius 3 is 3.00 bits per heavy atom. The van der Waals surface area contributed by atoms with E-state index in [-0.39, 0.29) is 10.6 Å². The molecule has 2 rings (SSSR count). The zero-order chi connectivity index (χ0) is 14.5. The van der Waals surface area contributed by atoms with Gasteiger partial charge < -0.3 is 10.3 Å². The number of hydrogen-bond acceptors (Lipinski definition) is 6. The van der Waals surface area contributed by atoms with Crippen LogP contribution in [-0.2, 0) is 0 Å². The monoisotopic (exact) mass is 279 g/mol. The summed E-state index contributed by atoms with van der Waals surface area (Å²) in [6.07, 6.45) is 5.36. The molecule has 7 nitrogen and oxygen atoms in total. The Morgan fingerprint density at radius 1 is 1.55 bits per heavy atom. The molecule has 1 aromatic heterocycles. The highest BCUT2D eigenvalue weighted by Gasteiger charge is 2.29. The van der Waals surface area contributed by atoms with Crippen LogP contribution >= 0.6 is 0 Å². The first kappa shape index (κ1) is 14.5. The van der Waals surface area contributed by atoms with Crippen molar-refractivity contribution in [3.8, 4) is 0 Å². The summed E-state index contributed by atoms with van der Waals surface area (Å²) in [4.78, 5) is 17.2. The van der Waals surface area contributed by atoms with Gasteiger partial charge in [0.05, 0.1) is 4.92 Å². The first-order valence-electron chi connectivity index (χ1n) is 7.06. The Hall–Kier alpha value is -1.89. The maximum atomic E-state index is 11.2. The van der Waals surface area contributed by atoms with E-state index in [1.54, 1.807) is 0 Å². The second-order valence-corrected chi connectivity index (χ2v) is 5.07. The van der Waals surface area contributed by atoms with Crippen molar-refractivity contribution in [1.82, 2.24) is 4.98 Å². The molecule has 110 valence electrons.